The van der Waals surface area contributed by atoms with Crippen molar-refractivity contribution >= 4 is 21.8 Å². The molecule has 0 radical (unpaired) electrons. The highest BCUT2D eigenvalue weighted by molar-refractivity contribution is 5.88. The van der Waals surface area contributed by atoms with Crippen LogP contribution in [0.3, 0.4) is 0 Å². The number of imidazole rings is 1. The van der Waals surface area contributed by atoms with Gasteiger partial charge in [0.2, 0.25) is 0 Å². The van der Waals surface area contributed by atoms with E-state index in [9.17, 15) is 5.11 Å². The van der Waals surface area contributed by atoms with Crippen molar-refractivity contribution in [2.24, 2.45) is 0 Å². The Bertz CT molecular complexity index is 986. The van der Waals surface area contributed by atoms with Crippen LogP contribution in [0.5, 0.6) is 5.75 Å². The molecule has 0 atom stereocenters. The van der Waals surface area contributed by atoms with Crippen molar-refractivity contribution in [2.75, 3.05) is 6.61 Å². The molecule has 0 saturated carbocycles. The zero-order valence-corrected chi connectivity index (χ0v) is 13.2. The molecule has 1 heterocycles. The van der Waals surface area contributed by atoms with Gasteiger partial charge in [-0.1, -0.05) is 48.5 Å². The second-order valence-electron chi connectivity index (χ2n) is 5.66. The fourth-order valence-electron chi connectivity index (χ4n) is 3.05. The molecule has 0 aliphatic heterocycles. The van der Waals surface area contributed by atoms with Gasteiger partial charge in [-0.2, -0.15) is 0 Å². The van der Waals surface area contributed by atoms with Crippen molar-refractivity contribution in [3.8, 4) is 5.75 Å². The Morgan fingerprint density at radius 2 is 1.71 bits per heavy atom. The first-order valence-corrected chi connectivity index (χ1v) is 8.02. The molecule has 0 spiro atoms. The van der Waals surface area contributed by atoms with E-state index in [1.165, 1.54) is 0 Å². The SMILES string of the molecule is OCCn1c(COc2cccc3ccccc23)nc2ccccc21. The number of aromatic nitrogens is 2. The molecule has 0 unspecified atom stereocenters. The van der Waals surface area contributed by atoms with Gasteiger partial charge in [-0.25, -0.2) is 4.98 Å². The first kappa shape index (κ1) is 14.7. The molecule has 0 bridgehead atoms. The summed E-state index contributed by atoms with van der Waals surface area (Å²) in [4.78, 5) is 4.65. The lowest BCUT2D eigenvalue weighted by atomic mass is 10.1. The molecular formula is C20H18N2O2. The highest BCUT2D eigenvalue weighted by Crippen LogP contribution is 2.26. The van der Waals surface area contributed by atoms with Gasteiger partial charge in [0, 0.05) is 11.9 Å². The molecule has 0 aliphatic carbocycles. The first-order valence-electron chi connectivity index (χ1n) is 8.02. The fourth-order valence-corrected chi connectivity index (χ4v) is 3.05. The van der Waals surface area contributed by atoms with Crippen LogP contribution in [-0.4, -0.2) is 21.3 Å². The van der Waals surface area contributed by atoms with E-state index >= 15 is 0 Å². The fraction of sp³-hybridized carbons (Fsp3) is 0.150. The van der Waals surface area contributed by atoms with Crippen molar-refractivity contribution in [2.45, 2.75) is 13.2 Å². The summed E-state index contributed by atoms with van der Waals surface area (Å²) in [5.74, 6) is 1.66. The zero-order valence-electron chi connectivity index (χ0n) is 13.2. The van der Waals surface area contributed by atoms with Gasteiger partial charge < -0.3 is 14.4 Å². The van der Waals surface area contributed by atoms with Crippen molar-refractivity contribution in [3.05, 3.63) is 72.6 Å². The number of benzene rings is 3. The molecule has 4 aromatic rings. The molecule has 1 N–H and O–H groups in total. The van der Waals surface area contributed by atoms with Gasteiger partial charge in [-0.15, -0.1) is 0 Å². The third kappa shape index (κ3) is 2.61. The lowest BCUT2D eigenvalue weighted by Gasteiger charge is -2.11. The Kier molecular flexibility index (Phi) is 3.89. The first-order chi connectivity index (χ1) is 11.9. The van der Waals surface area contributed by atoms with Gasteiger partial charge in [-0.3, -0.25) is 0 Å². The summed E-state index contributed by atoms with van der Waals surface area (Å²) in [6.45, 7) is 0.944. The van der Waals surface area contributed by atoms with Crippen LogP contribution in [0.4, 0.5) is 0 Å². The summed E-state index contributed by atoms with van der Waals surface area (Å²) in [5, 5.41) is 11.6. The smallest absolute Gasteiger partial charge is 0.148 e. The minimum Gasteiger partial charge on any atom is -0.485 e. The quantitative estimate of drug-likeness (QED) is 0.609. The van der Waals surface area contributed by atoms with E-state index < -0.39 is 0 Å². The van der Waals surface area contributed by atoms with Gasteiger partial charge in [0.25, 0.3) is 0 Å². The van der Waals surface area contributed by atoms with E-state index in [1.807, 2.05) is 53.1 Å². The Hall–Kier alpha value is -2.85. The minimum absolute atomic E-state index is 0.0711. The summed E-state index contributed by atoms with van der Waals surface area (Å²) >= 11 is 0. The average molecular weight is 318 g/mol. The van der Waals surface area contributed by atoms with E-state index in [1.54, 1.807) is 0 Å². The van der Waals surface area contributed by atoms with Crippen LogP contribution in [0.2, 0.25) is 0 Å². The second-order valence-corrected chi connectivity index (χ2v) is 5.66. The van der Waals surface area contributed by atoms with Crippen LogP contribution in [0.15, 0.2) is 66.7 Å². The van der Waals surface area contributed by atoms with Gasteiger partial charge >= 0.3 is 0 Å². The molecule has 0 aliphatic rings. The summed E-state index contributed by atoms with van der Waals surface area (Å²) in [5.41, 5.74) is 1.94. The maximum absolute atomic E-state index is 9.36. The minimum atomic E-state index is 0.0711. The number of aliphatic hydroxyl groups excluding tert-OH is 1. The lowest BCUT2D eigenvalue weighted by molar-refractivity contribution is 0.261. The number of ether oxygens (including phenoxy) is 1. The summed E-state index contributed by atoms with van der Waals surface area (Å²) < 4.78 is 8.07. The molecule has 4 heteroatoms. The second kappa shape index (κ2) is 6.34. The van der Waals surface area contributed by atoms with Crippen molar-refractivity contribution < 1.29 is 9.84 Å². The molecule has 24 heavy (non-hydrogen) atoms. The summed E-state index contributed by atoms with van der Waals surface area (Å²) in [6.07, 6.45) is 0. The van der Waals surface area contributed by atoms with Crippen LogP contribution < -0.4 is 4.74 Å². The standard InChI is InChI=1S/C20H18N2O2/c23-13-12-22-18-10-4-3-9-17(18)21-20(22)14-24-19-11-5-7-15-6-1-2-8-16(15)19/h1-11,23H,12-14H2. The van der Waals surface area contributed by atoms with E-state index in [0.29, 0.717) is 13.2 Å². The molecule has 0 saturated heterocycles. The van der Waals surface area contributed by atoms with Crippen molar-refractivity contribution in [3.63, 3.8) is 0 Å². The Morgan fingerprint density at radius 3 is 2.62 bits per heavy atom. The topological polar surface area (TPSA) is 47.3 Å². The Labute approximate surface area is 139 Å². The number of nitrogens with zero attached hydrogens (tertiary/aromatic N) is 2. The maximum atomic E-state index is 9.36. The van der Waals surface area contributed by atoms with Gasteiger partial charge in [-0.05, 0) is 23.6 Å². The molecule has 3 aromatic carbocycles. The number of para-hydroxylation sites is 2. The average Bonchev–Trinajstić information content (AvgIpc) is 2.98. The van der Waals surface area contributed by atoms with E-state index in [2.05, 4.69) is 23.2 Å². The third-order valence-corrected chi connectivity index (χ3v) is 4.16. The predicted molar refractivity (Wildman–Crippen MR) is 95.1 cm³/mol. The van der Waals surface area contributed by atoms with Crippen LogP contribution in [-0.2, 0) is 13.2 Å². The van der Waals surface area contributed by atoms with Gasteiger partial charge in [0.1, 0.15) is 18.2 Å². The maximum Gasteiger partial charge on any atom is 0.148 e. The number of fused-ring (bicyclic) bond motifs is 2. The summed E-state index contributed by atoms with van der Waals surface area (Å²) in [7, 11) is 0. The van der Waals surface area contributed by atoms with Crippen molar-refractivity contribution in [1.29, 1.82) is 0 Å². The van der Waals surface area contributed by atoms with E-state index in [4.69, 9.17) is 4.74 Å². The lowest BCUT2D eigenvalue weighted by Crippen LogP contribution is -2.09. The van der Waals surface area contributed by atoms with Crippen LogP contribution in [0.1, 0.15) is 5.82 Å². The van der Waals surface area contributed by atoms with Crippen molar-refractivity contribution in [1.82, 2.24) is 9.55 Å². The van der Waals surface area contributed by atoms with Gasteiger partial charge in [0.05, 0.1) is 17.6 Å². The highest BCUT2D eigenvalue weighted by Gasteiger charge is 2.11. The Balaban J connectivity index is 1.68. The Morgan fingerprint density at radius 1 is 0.917 bits per heavy atom. The van der Waals surface area contributed by atoms with Gasteiger partial charge in [0.15, 0.2) is 0 Å². The normalized spacial score (nSPS) is 11.2. The molecule has 0 amide bonds. The van der Waals surface area contributed by atoms with Crippen LogP contribution in [0.25, 0.3) is 21.8 Å². The molecule has 4 nitrogen and oxygen atoms in total. The largest absolute Gasteiger partial charge is 0.485 e. The third-order valence-electron chi connectivity index (χ3n) is 4.16. The van der Waals surface area contributed by atoms with E-state index in [0.717, 1.165) is 33.4 Å². The van der Waals surface area contributed by atoms with Crippen LogP contribution >= 0.6 is 0 Å². The number of hydrogen-bond acceptors (Lipinski definition) is 3. The zero-order chi connectivity index (χ0) is 16.4. The molecule has 0 fully saturated rings. The number of aliphatic hydroxyl groups is 1. The molecule has 120 valence electrons. The van der Waals surface area contributed by atoms with Crippen LogP contribution in [0, 0.1) is 0 Å². The predicted octanol–water partition coefficient (Wildman–Crippen LogP) is 3.76. The van der Waals surface area contributed by atoms with E-state index in [-0.39, 0.29) is 6.61 Å². The molecule has 1 aromatic heterocycles. The number of hydrogen-bond donors (Lipinski definition) is 1. The molecule has 4 rings (SSSR count). The summed E-state index contributed by atoms with van der Waals surface area (Å²) in [6, 6.07) is 22.1. The monoisotopic (exact) mass is 318 g/mol. The highest BCUT2D eigenvalue weighted by atomic mass is 16.5. The molecular weight excluding hydrogens is 300 g/mol. The number of rotatable bonds is 5.